The molecule has 0 aliphatic carbocycles. The number of hydrogen-bond donors (Lipinski definition) is 3. The summed E-state index contributed by atoms with van der Waals surface area (Å²) >= 11 is 0. The van der Waals surface area contributed by atoms with E-state index in [1.807, 2.05) is 30.3 Å². The van der Waals surface area contributed by atoms with Gasteiger partial charge in [-0.2, -0.15) is 0 Å². The fourth-order valence-corrected chi connectivity index (χ4v) is 2.94. The summed E-state index contributed by atoms with van der Waals surface area (Å²) in [5.41, 5.74) is 8.97. The zero-order chi connectivity index (χ0) is 17.8. The lowest BCUT2D eigenvalue weighted by Gasteiger charge is -2.18. The maximum Gasteiger partial charge on any atom is 0.251 e. The van der Waals surface area contributed by atoms with Gasteiger partial charge in [-0.05, 0) is 30.2 Å². The van der Waals surface area contributed by atoms with Crippen LogP contribution in [-0.4, -0.2) is 32.0 Å². The van der Waals surface area contributed by atoms with Crippen molar-refractivity contribution in [1.82, 2.24) is 10.6 Å². The minimum Gasteiger partial charge on any atom is -0.496 e. The van der Waals surface area contributed by atoms with E-state index in [9.17, 15) is 9.59 Å². The van der Waals surface area contributed by atoms with Crippen LogP contribution in [0.25, 0.3) is 0 Å². The monoisotopic (exact) mass is 339 g/mol. The molecular formula is C19H21N3O3. The third-order valence-corrected chi connectivity index (χ3v) is 4.32. The smallest absolute Gasteiger partial charge is 0.251 e. The number of fused-ring (bicyclic) bond motifs is 1. The Labute approximate surface area is 146 Å². The molecule has 130 valence electrons. The predicted molar refractivity (Wildman–Crippen MR) is 94.7 cm³/mol. The third-order valence-electron chi connectivity index (χ3n) is 4.32. The van der Waals surface area contributed by atoms with Crippen LogP contribution in [0, 0.1) is 0 Å². The molecule has 0 unspecified atom stereocenters. The number of nitrogens with two attached hydrogens (primary N) is 1. The quantitative estimate of drug-likeness (QED) is 0.768. The number of amides is 2. The molecule has 6 nitrogen and oxygen atoms in total. The molecule has 2 amide bonds. The molecule has 0 fully saturated rings. The van der Waals surface area contributed by atoms with Crippen molar-refractivity contribution in [3.05, 3.63) is 64.7 Å². The molecule has 2 aromatic carbocycles. The molecule has 1 aliphatic heterocycles. The number of ether oxygens (including phenoxy) is 1. The van der Waals surface area contributed by atoms with Crippen LogP contribution in [-0.2, 0) is 6.42 Å². The highest BCUT2D eigenvalue weighted by molar-refractivity contribution is 6.01. The molecule has 1 atom stereocenters. The van der Waals surface area contributed by atoms with Crippen LogP contribution in [0.2, 0.25) is 0 Å². The van der Waals surface area contributed by atoms with Crippen LogP contribution in [0.15, 0.2) is 42.5 Å². The minimum atomic E-state index is -0.388. The SMILES string of the molecule is COc1ccccc1[C@@H](N)CNC(=O)c1ccc2c(c1)C(=O)NCC2. The Kier molecular flexibility index (Phi) is 5.00. The maximum absolute atomic E-state index is 12.4. The number of nitrogens with one attached hydrogen (secondary N) is 2. The molecule has 0 aromatic heterocycles. The highest BCUT2D eigenvalue weighted by atomic mass is 16.5. The van der Waals surface area contributed by atoms with E-state index in [1.165, 1.54) is 0 Å². The van der Waals surface area contributed by atoms with Crippen LogP contribution in [0.4, 0.5) is 0 Å². The molecule has 1 aliphatic rings. The number of rotatable bonds is 5. The topological polar surface area (TPSA) is 93.4 Å². The van der Waals surface area contributed by atoms with Crippen LogP contribution < -0.4 is 21.1 Å². The third kappa shape index (κ3) is 3.64. The molecule has 2 aromatic rings. The van der Waals surface area contributed by atoms with Crippen molar-refractivity contribution in [2.45, 2.75) is 12.5 Å². The Bertz CT molecular complexity index is 804. The first-order chi connectivity index (χ1) is 12.1. The summed E-state index contributed by atoms with van der Waals surface area (Å²) in [6.45, 7) is 0.896. The highest BCUT2D eigenvalue weighted by Crippen LogP contribution is 2.23. The lowest BCUT2D eigenvalue weighted by atomic mass is 9.97. The lowest BCUT2D eigenvalue weighted by Crippen LogP contribution is -2.34. The van der Waals surface area contributed by atoms with Gasteiger partial charge in [0.1, 0.15) is 5.75 Å². The molecule has 25 heavy (non-hydrogen) atoms. The van der Waals surface area contributed by atoms with Gasteiger partial charge in [-0.25, -0.2) is 0 Å². The van der Waals surface area contributed by atoms with Crippen LogP contribution in [0.3, 0.4) is 0 Å². The van der Waals surface area contributed by atoms with Gasteiger partial charge in [-0.3, -0.25) is 9.59 Å². The number of carbonyl (C=O) groups excluding carboxylic acids is 2. The van der Waals surface area contributed by atoms with Crippen molar-refractivity contribution in [2.24, 2.45) is 5.73 Å². The van der Waals surface area contributed by atoms with Crippen LogP contribution in [0.5, 0.6) is 5.75 Å². The van der Waals surface area contributed by atoms with E-state index in [2.05, 4.69) is 10.6 Å². The van der Waals surface area contributed by atoms with E-state index in [4.69, 9.17) is 10.5 Å². The van der Waals surface area contributed by atoms with Gasteiger partial charge in [0.15, 0.2) is 0 Å². The second-order valence-electron chi connectivity index (χ2n) is 5.94. The Morgan fingerprint density at radius 1 is 1.32 bits per heavy atom. The van der Waals surface area contributed by atoms with Gasteiger partial charge in [0, 0.05) is 29.8 Å². The zero-order valence-corrected chi connectivity index (χ0v) is 14.0. The summed E-state index contributed by atoms with van der Waals surface area (Å²) in [6.07, 6.45) is 0.779. The first-order valence-electron chi connectivity index (χ1n) is 8.18. The summed E-state index contributed by atoms with van der Waals surface area (Å²) < 4.78 is 5.29. The molecule has 1 heterocycles. The molecule has 6 heteroatoms. The van der Waals surface area contributed by atoms with Crippen molar-refractivity contribution < 1.29 is 14.3 Å². The number of benzene rings is 2. The number of carbonyl (C=O) groups is 2. The summed E-state index contributed by atoms with van der Waals surface area (Å²) in [7, 11) is 1.59. The van der Waals surface area contributed by atoms with Gasteiger partial charge in [0.2, 0.25) is 0 Å². The van der Waals surface area contributed by atoms with Crippen LogP contribution in [0.1, 0.15) is 37.9 Å². The van der Waals surface area contributed by atoms with Gasteiger partial charge >= 0.3 is 0 Å². The van der Waals surface area contributed by atoms with E-state index >= 15 is 0 Å². The van der Waals surface area contributed by atoms with Gasteiger partial charge in [-0.1, -0.05) is 24.3 Å². The first-order valence-corrected chi connectivity index (χ1v) is 8.18. The summed E-state index contributed by atoms with van der Waals surface area (Å²) in [5, 5.41) is 5.60. The normalized spacial score (nSPS) is 14.2. The largest absolute Gasteiger partial charge is 0.496 e. The van der Waals surface area contributed by atoms with Crippen molar-refractivity contribution in [2.75, 3.05) is 20.2 Å². The Hall–Kier alpha value is -2.86. The molecule has 0 radical (unpaired) electrons. The van der Waals surface area contributed by atoms with E-state index in [-0.39, 0.29) is 24.4 Å². The van der Waals surface area contributed by atoms with E-state index < -0.39 is 0 Å². The average molecular weight is 339 g/mol. The molecule has 3 rings (SSSR count). The van der Waals surface area contributed by atoms with Crippen LogP contribution >= 0.6 is 0 Å². The van der Waals surface area contributed by atoms with Crippen molar-refractivity contribution in [3.8, 4) is 5.75 Å². The molecule has 0 spiro atoms. The number of hydrogen-bond acceptors (Lipinski definition) is 4. The molecular weight excluding hydrogens is 318 g/mol. The standard InChI is InChI=1S/C19H21N3O3/c1-25-17-5-3-2-4-14(17)16(20)11-22-18(23)13-7-6-12-8-9-21-19(24)15(12)10-13/h2-7,10,16H,8-9,11,20H2,1H3,(H,21,24)(H,22,23)/t16-/m0/s1. The fourth-order valence-electron chi connectivity index (χ4n) is 2.94. The van der Waals surface area contributed by atoms with Gasteiger partial charge in [0.25, 0.3) is 11.8 Å². The highest BCUT2D eigenvalue weighted by Gasteiger charge is 2.19. The zero-order valence-electron chi connectivity index (χ0n) is 14.0. The predicted octanol–water partition coefficient (Wildman–Crippen LogP) is 1.41. The Morgan fingerprint density at radius 2 is 2.12 bits per heavy atom. The summed E-state index contributed by atoms with van der Waals surface area (Å²) in [4.78, 5) is 24.3. The van der Waals surface area contributed by atoms with Crippen molar-refractivity contribution in [1.29, 1.82) is 0 Å². The Balaban J connectivity index is 1.68. The molecule has 0 saturated heterocycles. The summed E-state index contributed by atoms with van der Waals surface area (Å²) in [5.74, 6) is 0.294. The Morgan fingerprint density at radius 3 is 2.92 bits per heavy atom. The van der Waals surface area contributed by atoms with Gasteiger partial charge < -0.3 is 21.1 Å². The van der Waals surface area contributed by atoms with E-state index in [1.54, 1.807) is 19.2 Å². The fraction of sp³-hybridized carbons (Fsp3) is 0.263. The molecule has 0 saturated carbocycles. The maximum atomic E-state index is 12.4. The number of methoxy groups -OCH3 is 1. The first kappa shape index (κ1) is 17.0. The second kappa shape index (κ2) is 7.36. The minimum absolute atomic E-state index is 0.137. The van der Waals surface area contributed by atoms with E-state index in [0.717, 1.165) is 17.5 Å². The molecule has 4 N–H and O–H groups in total. The van der Waals surface area contributed by atoms with Crippen molar-refractivity contribution in [3.63, 3.8) is 0 Å². The van der Waals surface area contributed by atoms with E-state index in [0.29, 0.717) is 23.4 Å². The van der Waals surface area contributed by atoms with Gasteiger partial charge in [0.05, 0.1) is 13.2 Å². The summed E-state index contributed by atoms with van der Waals surface area (Å²) in [6, 6.07) is 12.3. The molecule has 0 bridgehead atoms. The lowest BCUT2D eigenvalue weighted by molar-refractivity contribution is 0.0946. The second-order valence-corrected chi connectivity index (χ2v) is 5.94. The van der Waals surface area contributed by atoms with Crippen molar-refractivity contribution >= 4 is 11.8 Å². The number of para-hydroxylation sites is 1. The average Bonchev–Trinajstić information content (AvgIpc) is 2.65. The van der Waals surface area contributed by atoms with Gasteiger partial charge in [-0.15, -0.1) is 0 Å².